The lowest BCUT2D eigenvalue weighted by atomic mass is 10.1. The van der Waals surface area contributed by atoms with Gasteiger partial charge in [-0.25, -0.2) is 14.5 Å². The number of rotatable bonds is 6. The number of aryl methyl sites for hydroxylation is 2. The van der Waals surface area contributed by atoms with Crippen LogP contribution in [0.25, 0.3) is 0 Å². The van der Waals surface area contributed by atoms with Crippen LogP contribution in [0.2, 0.25) is 0 Å². The van der Waals surface area contributed by atoms with Gasteiger partial charge in [0.05, 0.1) is 11.6 Å². The highest BCUT2D eigenvalue weighted by Gasteiger charge is 2.23. The van der Waals surface area contributed by atoms with E-state index in [2.05, 4.69) is 27.3 Å². The molecule has 0 spiro atoms. The van der Waals surface area contributed by atoms with Crippen LogP contribution in [0.5, 0.6) is 0 Å². The van der Waals surface area contributed by atoms with Gasteiger partial charge in [-0.1, -0.05) is 13.0 Å². The molecule has 0 saturated heterocycles. The van der Waals surface area contributed by atoms with Gasteiger partial charge in [0.15, 0.2) is 0 Å². The van der Waals surface area contributed by atoms with Crippen molar-refractivity contribution in [3.8, 4) is 0 Å². The summed E-state index contributed by atoms with van der Waals surface area (Å²) in [6.07, 6.45) is 7.46. The minimum Gasteiger partial charge on any atom is -0.348 e. The Hall–Kier alpha value is -2.81. The van der Waals surface area contributed by atoms with E-state index in [4.69, 9.17) is 0 Å². The molecule has 0 fully saturated rings. The third kappa shape index (κ3) is 4.45. The number of fused-ring (bicyclic) bond motifs is 1. The van der Waals surface area contributed by atoms with Crippen LogP contribution in [-0.4, -0.2) is 36.3 Å². The number of hydrogen-bond donors (Lipinski definition) is 1. The molecule has 3 aromatic rings. The molecule has 9 heteroatoms. The quantitative estimate of drug-likeness (QED) is 0.668. The summed E-state index contributed by atoms with van der Waals surface area (Å²) in [6, 6.07) is 3.79. The molecule has 29 heavy (non-hydrogen) atoms. The molecule has 1 unspecified atom stereocenters. The maximum absolute atomic E-state index is 12.7. The second-order valence-electron chi connectivity index (χ2n) is 7.24. The molecule has 0 radical (unpaired) electrons. The largest absolute Gasteiger partial charge is 0.348 e. The minimum absolute atomic E-state index is 0.00620. The lowest BCUT2D eigenvalue weighted by Crippen LogP contribution is -2.36. The summed E-state index contributed by atoms with van der Waals surface area (Å²) in [5.74, 6) is 0.636. The third-order valence-electron chi connectivity index (χ3n) is 5.06. The Kier molecular flexibility index (Phi) is 5.84. The van der Waals surface area contributed by atoms with Crippen LogP contribution in [0, 0.1) is 0 Å². The molecular weight excluding hydrogens is 388 g/mol. The fraction of sp³-hybridized carbons (Fsp3) is 0.450. The van der Waals surface area contributed by atoms with Crippen molar-refractivity contribution in [2.75, 3.05) is 0 Å². The van der Waals surface area contributed by atoms with E-state index in [-0.39, 0.29) is 17.6 Å². The van der Waals surface area contributed by atoms with Crippen molar-refractivity contribution in [1.82, 2.24) is 29.6 Å². The fourth-order valence-electron chi connectivity index (χ4n) is 3.54. The number of nitrogens with one attached hydrogen (secondary N) is 1. The van der Waals surface area contributed by atoms with Gasteiger partial charge in [0.2, 0.25) is 0 Å². The Bertz CT molecular complexity index is 1040. The van der Waals surface area contributed by atoms with Crippen LogP contribution < -0.4 is 11.0 Å². The van der Waals surface area contributed by atoms with E-state index in [0.29, 0.717) is 31.6 Å². The molecule has 152 valence electrons. The second-order valence-corrected chi connectivity index (χ2v) is 8.19. The first-order valence-corrected chi connectivity index (χ1v) is 10.8. The first kappa shape index (κ1) is 19.5. The first-order chi connectivity index (χ1) is 14.1. The standard InChI is InChI=1S/C20H24N6O2S/c1-2-4-18-23-16(13-29-18)19(27)22-15-6-7-17-24-26(20(28)25(17)10-8-15)12-14-5-3-9-21-11-14/h3,5,9,11,13,15H,2,4,6-8,10,12H2,1H3,(H,22,27). The second kappa shape index (κ2) is 8.69. The van der Waals surface area contributed by atoms with Gasteiger partial charge in [-0.15, -0.1) is 11.3 Å². The van der Waals surface area contributed by atoms with E-state index in [9.17, 15) is 9.59 Å². The number of amides is 1. The Labute approximate surface area is 172 Å². The van der Waals surface area contributed by atoms with Crippen molar-refractivity contribution < 1.29 is 4.79 Å². The average molecular weight is 413 g/mol. The maximum Gasteiger partial charge on any atom is 0.346 e. The van der Waals surface area contributed by atoms with E-state index < -0.39 is 0 Å². The molecule has 1 aliphatic rings. The number of hydrogen-bond acceptors (Lipinski definition) is 6. The van der Waals surface area contributed by atoms with Gasteiger partial charge in [0, 0.05) is 36.8 Å². The summed E-state index contributed by atoms with van der Waals surface area (Å²) >= 11 is 1.53. The van der Waals surface area contributed by atoms with Crippen LogP contribution >= 0.6 is 11.3 Å². The van der Waals surface area contributed by atoms with Gasteiger partial charge in [-0.3, -0.25) is 14.3 Å². The molecule has 1 atom stereocenters. The zero-order valence-electron chi connectivity index (χ0n) is 16.4. The Morgan fingerprint density at radius 1 is 1.38 bits per heavy atom. The van der Waals surface area contributed by atoms with Crippen molar-refractivity contribution in [2.45, 2.75) is 58.2 Å². The predicted octanol–water partition coefficient (Wildman–Crippen LogP) is 2.03. The average Bonchev–Trinajstić information content (AvgIpc) is 3.24. The SMILES string of the molecule is CCCc1nc(C(=O)NC2CCc3nn(Cc4cccnc4)c(=O)n3CC2)cs1. The summed E-state index contributed by atoms with van der Waals surface area (Å²) in [4.78, 5) is 33.8. The van der Waals surface area contributed by atoms with Crippen molar-refractivity contribution in [2.24, 2.45) is 0 Å². The summed E-state index contributed by atoms with van der Waals surface area (Å²) in [7, 11) is 0. The molecular formula is C20H24N6O2S. The molecule has 1 N–H and O–H groups in total. The monoisotopic (exact) mass is 412 g/mol. The lowest BCUT2D eigenvalue weighted by molar-refractivity contribution is 0.0928. The van der Waals surface area contributed by atoms with E-state index in [1.54, 1.807) is 17.0 Å². The highest BCUT2D eigenvalue weighted by atomic mass is 32.1. The Morgan fingerprint density at radius 3 is 3.07 bits per heavy atom. The van der Waals surface area contributed by atoms with E-state index >= 15 is 0 Å². The van der Waals surface area contributed by atoms with Crippen molar-refractivity contribution >= 4 is 17.2 Å². The number of carbonyl (C=O) groups is 1. The first-order valence-electron chi connectivity index (χ1n) is 9.94. The van der Waals surface area contributed by atoms with Crippen molar-refractivity contribution in [3.63, 3.8) is 0 Å². The van der Waals surface area contributed by atoms with Crippen LogP contribution in [0.3, 0.4) is 0 Å². The van der Waals surface area contributed by atoms with E-state index in [1.807, 2.05) is 17.5 Å². The fourth-order valence-corrected chi connectivity index (χ4v) is 4.42. The van der Waals surface area contributed by atoms with Crippen molar-refractivity contribution in [1.29, 1.82) is 0 Å². The van der Waals surface area contributed by atoms with Crippen LogP contribution in [0.1, 0.15) is 53.1 Å². The molecule has 1 aliphatic heterocycles. The summed E-state index contributed by atoms with van der Waals surface area (Å²) in [5.41, 5.74) is 1.32. The van der Waals surface area contributed by atoms with E-state index in [1.165, 1.54) is 16.0 Å². The molecule has 0 aliphatic carbocycles. The number of nitrogens with zero attached hydrogens (tertiary/aromatic N) is 5. The smallest absolute Gasteiger partial charge is 0.346 e. The molecule has 4 heterocycles. The molecule has 8 nitrogen and oxygen atoms in total. The number of pyridine rings is 1. The topological polar surface area (TPSA) is 94.7 Å². The number of thiazole rings is 1. The van der Waals surface area contributed by atoms with Gasteiger partial charge in [-0.2, -0.15) is 5.10 Å². The third-order valence-corrected chi connectivity index (χ3v) is 5.96. The predicted molar refractivity (Wildman–Crippen MR) is 110 cm³/mol. The van der Waals surface area contributed by atoms with Crippen LogP contribution in [0.4, 0.5) is 0 Å². The normalized spacial score (nSPS) is 16.2. The van der Waals surface area contributed by atoms with Crippen molar-refractivity contribution in [3.05, 3.63) is 62.5 Å². The Balaban J connectivity index is 1.39. The highest BCUT2D eigenvalue weighted by molar-refractivity contribution is 7.09. The molecule has 3 aromatic heterocycles. The van der Waals surface area contributed by atoms with Gasteiger partial charge in [0.25, 0.3) is 5.91 Å². The number of aromatic nitrogens is 5. The molecule has 0 aromatic carbocycles. The number of carbonyl (C=O) groups excluding carboxylic acids is 1. The molecule has 1 amide bonds. The van der Waals surface area contributed by atoms with Crippen LogP contribution in [0.15, 0.2) is 34.7 Å². The molecule has 0 saturated carbocycles. The van der Waals surface area contributed by atoms with Gasteiger partial charge in [0.1, 0.15) is 11.5 Å². The van der Waals surface area contributed by atoms with Crippen LogP contribution in [-0.2, 0) is 25.9 Å². The maximum atomic E-state index is 12.7. The molecule has 0 bridgehead atoms. The van der Waals surface area contributed by atoms with Gasteiger partial charge >= 0.3 is 5.69 Å². The molecule has 4 rings (SSSR count). The zero-order valence-corrected chi connectivity index (χ0v) is 17.2. The highest BCUT2D eigenvalue weighted by Crippen LogP contribution is 2.15. The summed E-state index contributed by atoms with van der Waals surface area (Å²) in [5, 5.41) is 10.4. The minimum atomic E-state index is -0.137. The summed E-state index contributed by atoms with van der Waals surface area (Å²) in [6.45, 7) is 3.06. The lowest BCUT2D eigenvalue weighted by Gasteiger charge is -2.15. The zero-order chi connectivity index (χ0) is 20.2. The van der Waals surface area contributed by atoms with Gasteiger partial charge in [-0.05, 0) is 37.3 Å². The summed E-state index contributed by atoms with van der Waals surface area (Å²) < 4.78 is 3.22. The Morgan fingerprint density at radius 2 is 2.28 bits per heavy atom. The van der Waals surface area contributed by atoms with Gasteiger partial charge < -0.3 is 5.32 Å². The van der Waals surface area contributed by atoms with E-state index in [0.717, 1.165) is 35.7 Å².